The Bertz CT molecular complexity index is 310. The number of ether oxygens (including phenoxy) is 2. The summed E-state index contributed by atoms with van der Waals surface area (Å²) in [5.41, 5.74) is 0. The molecule has 0 bridgehead atoms. The fourth-order valence-electron chi connectivity index (χ4n) is 1.31. The van der Waals surface area contributed by atoms with E-state index in [0.717, 1.165) is 12.8 Å². The van der Waals surface area contributed by atoms with E-state index in [4.69, 9.17) is 9.47 Å². The van der Waals surface area contributed by atoms with E-state index in [2.05, 4.69) is 34.1 Å². The second-order valence-electron chi connectivity index (χ2n) is 3.47. The molecule has 0 aliphatic carbocycles. The van der Waals surface area contributed by atoms with E-state index in [1.54, 1.807) is 0 Å². The molecule has 1 aromatic rings. The SMILES string of the molecule is CCCC(C)Nc1nc(OC)nc(OC)n1. The van der Waals surface area contributed by atoms with Gasteiger partial charge in [0.2, 0.25) is 5.95 Å². The van der Waals surface area contributed by atoms with Crippen LogP contribution in [-0.4, -0.2) is 35.2 Å². The molecule has 6 heteroatoms. The topological polar surface area (TPSA) is 69.2 Å². The lowest BCUT2D eigenvalue weighted by molar-refractivity contribution is 0.341. The van der Waals surface area contributed by atoms with Crippen molar-refractivity contribution < 1.29 is 9.47 Å². The predicted octanol–water partition coefficient (Wildman–Crippen LogP) is 1.49. The van der Waals surface area contributed by atoms with Gasteiger partial charge in [-0.05, 0) is 13.3 Å². The van der Waals surface area contributed by atoms with Crippen LogP contribution in [0.4, 0.5) is 5.95 Å². The third-order valence-corrected chi connectivity index (χ3v) is 2.06. The molecule has 0 amide bonds. The van der Waals surface area contributed by atoms with E-state index in [1.807, 2.05) is 0 Å². The van der Waals surface area contributed by atoms with Crippen molar-refractivity contribution >= 4 is 5.95 Å². The van der Waals surface area contributed by atoms with Crippen molar-refractivity contribution in [3.63, 3.8) is 0 Å². The molecule has 1 aromatic heterocycles. The zero-order valence-electron chi connectivity index (χ0n) is 10.1. The number of methoxy groups -OCH3 is 2. The second-order valence-corrected chi connectivity index (χ2v) is 3.47. The lowest BCUT2D eigenvalue weighted by atomic mass is 10.2. The summed E-state index contributed by atoms with van der Waals surface area (Å²) in [6.45, 7) is 4.21. The Kier molecular flexibility index (Phi) is 4.75. The van der Waals surface area contributed by atoms with E-state index in [9.17, 15) is 0 Å². The highest BCUT2D eigenvalue weighted by molar-refractivity contribution is 5.28. The smallest absolute Gasteiger partial charge is 0.324 e. The highest BCUT2D eigenvalue weighted by Gasteiger charge is 2.08. The Hall–Kier alpha value is -1.59. The van der Waals surface area contributed by atoms with E-state index in [1.165, 1.54) is 14.2 Å². The van der Waals surface area contributed by atoms with Crippen LogP contribution in [0.1, 0.15) is 26.7 Å². The van der Waals surface area contributed by atoms with Gasteiger partial charge in [-0.1, -0.05) is 13.3 Å². The third kappa shape index (κ3) is 3.52. The van der Waals surface area contributed by atoms with Crippen molar-refractivity contribution in [2.45, 2.75) is 32.7 Å². The molecule has 90 valence electrons. The maximum Gasteiger partial charge on any atom is 0.324 e. The molecule has 0 saturated heterocycles. The van der Waals surface area contributed by atoms with Crippen molar-refractivity contribution in [2.75, 3.05) is 19.5 Å². The summed E-state index contributed by atoms with van der Waals surface area (Å²) in [7, 11) is 3.02. The molecule has 0 saturated carbocycles. The standard InChI is InChI=1S/C10H18N4O2/c1-5-6-7(2)11-8-12-9(15-3)14-10(13-8)16-4/h7H,5-6H2,1-4H3,(H,11,12,13,14). The number of hydrogen-bond donors (Lipinski definition) is 1. The van der Waals surface area contributed by atoms with Crippen LogP contribution in [0.15, 0.2) is 0 Å². The molecule has 0 aromatic carbocycles. The lowest BCUT2D eigenvalue weighted by Gasteiger charge is -2.13. The van der Waals surface area contributed by atoms with Crippen LogP contribution >= 0.6 is 0 Å². The van der Waals surface area contributed by atoms with Gasteiger partial charge < -0.3 is 14.8 Å². The molecule has 1 rings (SSSR count). The molecule has 16 heavy (non-hydrogen) atoms. The van der Waals surface area contributed by atoms with Crippen LogP contribution in [0.5, 0.6) is 12.0 Å². The molecule has 0 aliphatic heterocycles. The van der Waals surface area contributed by atoms with Gasteiger partial charge in [0, 0.05) is 6.04 Å². The molecule has 1 unspecified atom stereocenters. The molecular formula is C10H18N4O2. The van der Waals surface area contributed by atoms with Gasteiger partial charge in [-0.25, -0.2) is 0 Å². The minimum atomic E-state index is 0.248. The average Bonchev–Trinajstić information content (AvgIpc) is 2.28. The molecule has 0 spiro atoms. The molecular weight excluding hydrogens is 208 g/mol. The lowest BCUT2D eigenvalue weighted by Crippen LogP contribution is -2.17. The van der Waals surface area contributed by atoms with Crippen LogP contribution in [-0.2, 0) is 0 Å². The molecule has 0 fully saturated rings. The second kappa shape index (κ2) is 6.09. The van der Waals surface area contributed by atoms with Gasteiger partial charge in [-0.2, -0.15) is 9.97 Å². The van der Waals surface area contributed by atoms with Gasteiger partial charge in [-0.3, -0.25) is 0 Å². The van der Waals surface area contributed by atoms with Gasteiger partial charge in [0.1, 0.15) is 0 Å². The number of aromatic nitrogens is 3. The summed E-state index contributed by atoms with van der Waals surface area (Å²) in [6.07, 6.45) is 2.16. The van der Waals surface area contributed by atoms with Crippen LogP contribution in [0.3, 0.4) is 0 Å². The average molecular weight is 226 g/mol. The van der Waals surface area contributed by atoms with Gasteiger partial charge in [0.15, 0.2) is 0 Å². The fourth-order valence-corrected chi connectivity index (χ4v) is 1.31. The van der Waals surface area contributed by atoms with Crippen molar-refractivity contribution in [3.05, 3.63) is 0 Å². The van der Waals surface area contributed by atoms with Crippen LogP contribution in [0, 0.1) is 0 Å². The van der Waals surface area contributed by atoms with E-state index < -0.39 is 0 Å². The monoisotopic (exact) mass is 226 g/mol. The predicted molar refractivity (Wildman–Crippen MR) is 60.9 cm³/mol. The summed E-state index contributed by atoms with van der Waals surface area (Å²) in [6, 6.07) is 0.804. The van der Waals surface area contributed by atoms with E-state index in [0.29, 0.717) is 12.0 Å². The summed E-state index contributed by atoms with van der Waals surface area (Å²) < 4.78 is 9.91. The maximum atomic E-state index is 4.96. The first-order chi connectivity index (χ1) is 7.69. The highest BCUT2D eigenvalue weighted by Crippen LogP contribution is 2.13. The Morgan fingerprint density at radius 3 is 2.12 bits per heavy atom. The van der Waals surface area contributed by atoms with Crippen molar-refractivity contribution in [1.82, 2.24) is 15.0 Å². The minimum Gasteiger partial charge on any atom is -0.467 e. The van der Waals surface area contributed by atoms with Gasteiger partial charge >= 0.3 is 12.0 Å². The minimum absolute atomic E-state index is 0.248. The molecule has 1 atom stereocenters. The van der Waals surface area contributed by atoms with Gasteiger partial charge in [0.05, 0.1) is 14.2 Å². The zero-order valence-corrected chi connectivity index (χ0v) is 10.1. The first-order valence-electron chi connectivity index (χ1n) is 5.30. The number of rotatable bonds is 6. The molecule has 0 aliphatic rings. The van der Waals surface area contributed by atoms with Crippen LogP contribution < -0.4 is 14.8 Å². The van der Waals surface area contributed by atoms with Gasteiger partial charge in [0.25, 0.3) is 0 Å². The molecule has 0 radical (unpaired) electrons. The first kappa shape index (κ1) is 12.5. The Morgan fingerprint density at radius 1 is 1.12 bits per heavy atom. The van der Waals surface area contributed by atoms with Crippen molar-refractivity contribution in [3.8, 4) is 12.0 Å². The Morgan fingerprint density at radius 2 is 1.69 bits per heavy atom. The van der Waals surface area contributed by atoms with Crippen LogP contribution in [0.2, 0.25) is 0 Å². The molecule has 6 nitrogen and oxygen atoms in total. The Labute approximate surface area is 95.4 Å². The molecule has 1 N–H and O–H groups in total. The Balaban J connectivity index is 2.78. The first-order valence-corrected chi connectivity index (χ1v) is 5.30. The zero-order chi connectivity index (χ0) is 12.0. The van der Waals surface area contributed by atoms with E-state index >= 15 is 0 Å². The number of hydrogen-bond acceptors (Lipinski definition) is 6. The summed E-state index contributed by atoms with van der Waals surface area (Å²) in [4.78, 5) is 12.1. The number of anilines is 1. The summed E-state index contributed by atoms with van der Waals surface area (Å²) >= 11 is 0. The summed E-state index contributed by atoms with van der Waals surface area (Å²) in [5.74, 6) is 0.477. The number of nitrogens with one attached hydrogen (secondary N) is 1. The van der Waals surface area contributed by atoms with E-state index in [-0.39, 0.29) is 12.0 Å². The largest absolute Gasteiger partial charge is 0.467 e. The summed E-state index contributed by atoms with van der Waals surface area (Å²) in [5, 5.41) is 3.17. The maximum absolute atomic E-state index is 4.96. The van der Waals surface area contributed by atoms with Gasteiger partial charge in [-0.15, -0.1) is 4.98 Å². The normalized spacial score (nSPS) is 12.0. The quantitative estimate of drug-likeness (QED) is 0.792. The fraction of sp³-hybridized carbons (Fsp3) is 0.700. The molecule has 1 heterocycles. The third-order valence-electron chi connectivity index (χ3n) is 2.06. The highest BCUT2D eigenvalue weighted by atomic mass is 16.5. The number of nitrogens with zero attached hydrogens (tertiary/aromatic N) is 3. The van der Waals surface area contributed by atoms with Crippen LogP contribution in [0.25, 0.3) is 0 Å². The van der Waals surface area contributed by atoms with Crippen molar-refractivity contribution in [2.24, 2.45) is 0 Å². The van der Waals surface area contributed by atoms with Crippen molar-refractivity contribution in [1.29, 1.82) is 0 Å².